The Morgan fingerprint density at radius 3 is 2.85 bits per heavy atom. The second kappa shape index (κ2) is 5.18. The summed E-state index contributed by atoms with van der Waals surface area (Å²) in [6, 6.07) is 1.18. The number of ether oxygens (including phenoxy) is 1. The van der Waals surface area contributed by atoms with Gasteiger partial charge in [0.05, 0.1) is 12.7 Å². The summed E-state index contributed by atoms with van der Waals surface area (Å²) in [6.45, 7) is 8.52. The highest BCUT2D eigenvalue weighted by atomic mass is 35.5. The smallest absolute Gasteiger partial charge is 0.0838 e. The van der Waals surface area contributed by atoms with Gasteiger partial charge in [0.25, 0.3) is 0 Å². The molecule has 0 aromatic rings. The van der Waals surface area contributed by atoms with Crippen molar-refractivity contribution in [1.29, 1.82) is 0 Å². The second-order valence-corrected chi connectivity index (χ2v) is 4.22. The first-order valence-corrected chi connectivity index (χ1v) is 5.65. The van der Waals surface area contributed by atoms with Gasteiger partial charge in [0, 0.05) is 24.5 Å². The van der Waals surface area contributed by atoms with Crippen molar-refractivity contribution in [3.63, 3.8) is 0 Å². The SMILES string of the molecule is CCC(C)N1CC(CCl)OCC1C. The summed E-state index contributed by atoms with van der Waals surface area (Å²) in [6.07, 6.45) is 1.42. The van der Waals surface area contributed by atoms with E-state index in [1.807, 2.05) is 0 Å². The number of alkyl halides is 1. The van der Waals surface area contributed by atoms with Crippen molar-refractivity contribution in [1.82, 2.24) is 4.90 Å². The maximum atomic E-state index is 5.79. The minimum Gasteiger partial charge on any atom is -0.374 e. The molecule has 0 aliphatic carbocycles. The van der Waals surface area contributed by atoms with Gasteiger partial charge in [-0.15, -0.1) is 11.6 Å². The monoisotopic (exact) mass is 205 g/mol. The van der Waals surface area contributed by atoms with Gasteiger partial charge in [-0.1, -0.05) is 6.92 Å². The fourth-order valence-electron chi connectivity index (χ4n) is 1.78. The second-order valence-electron chi connectivity index (χ2n) is 3.91. The van der Waals surface area contributed by atoms with Crippen LogP contribution in [-0.2, 0) is 4.74 Å². The van der Waals surface area contributed by atoms with Gasteiger partial charge < -0.3 is 4.74 Å². The molecular formula is C10H20ClNO. The Kier molecular flexibility index (Phi) is 4.50. The molecule has 1 rings (SSSR count). The Morgan fingerprint density at radius 2 is 2.31 bits per heavy atom. The average molecular weight is 206 g/mol. The lowest BCUT2D eigenvalue weighted by Crippen LogP contribution is -2.52. The van der Waals surface area contributed by atoms with Crippen LogP contribution < -0.4 is 0 Å². The first-order chi connectivity index (χ1) is 6.19. The average Bonchev–Trinajstić information content (AvgIpc) is 2.17. The molecule has 1 saturated heterocycles. The Balaban J connectivity index is 2.49. The van der Waals surface area contributed by atoms with Gasteiger partial charge in [0.15, 0.2) is 0 Å². The fourth-order valence-corrected chi connectivity index (χ4v) is 1.97. The molecule has 3 atom stereocenters. The van der Waals surface area contributed by atoms with E-state index in [1.165, 1.54) is 6.42 Å². The van der Waals surface area contributed by atoms with E-state index in [4.69, 9.17) is 16.3 Å². The van der Waals surface area contributed by atoms with E-state index in [1.54, 1.807) is 0 Å². The van der Waals surface area contributed by atoms with E-state index in [2.05, 4.69) is 25.7 Å². The standard InChI is InChI=1S/C10H20ClNO/c1-4-8(2)12-6-10(5-11)13-7-9(12)3/h8-10H,4-7H2,1-3H3. The predicted molar refractivity (Wildman–Crippen MR) is 56.4 cm³/mol. The van der Waals surface area contributed by atoms with Crippen molar-refractivity contribution < 1.29 is 4.74 Å². The third-order valence-electron chi connectivity index (χ3n) is 2.88. The predicted octanol–water partition coefficient (Wildman–Crippen LogP) is 2.11. The summed E-state index contributed by atoms with van der Waals surface area (Å²) >= 11 is 5.79. The quantitative estimate of drug-likeness (QED) is 0.655. The van der Waals surface area contributed by atoms with Crippen LogP contribution in [0.2, 0.25) is 0 Å². The first kappa shape index (κ1) is 11.3. The maximum Gasteiger partial charge on any atom is 0.0838 e. The molecule has 1 aliphatic rings. The zero-order valence-corrected chi connectivity index (χ0v) is 9.55. The molecule has 1 heterocycles. The molecule has 0 amide bonds. The molecule has 0 aromatic carbocycles. The molecule has 3 unspecified atom stereocenters. The van der Waals surface area contributed by atoms with Crippen LogP contribution in [0.15, 0.2) is 0 Å². The van der Waals surface area contributed by atoms with E-state index in [0.29, 0.717) is 18.0 Å². The van der Waals surface area contributed by atoms with Crippen molar-refractivity contribution >= 4 is 11.6 Å². The van der Waals surface area contributed by atoms with Crippen LogP contribution >= 0.6 is 11.6 Å². The van der Waals surface area contributed by atoms with Gasteiger partial charge in [-0.25, -0.2) is 0 Å². The highest BCUT2D eigenvalue weighted by Crippen LogP contribution is 2.17. The van der Waals surface area contributed by atoms with E-state index < -0.39 is 0 Å². The molecule has 0 radical (unpaired) electrons. The molecule has 2 nitrogen and oxygen atoms in total. The number of morpholine rings is 1. The van der Waals surface area contributed by atoms with Crippen LogP contribution in [0.5, 0.6) is 0 Å². The Bertz CT molecular complexity index is 150. The van der Waals surface area contributed by atoms with E-state index in [-0.39, 0.29) is 6.10 Å². The van der Waals surface area contributed by atoms with Crippen LogP contribution in [0.3, 0.4) is 0 Å². The minimum atomic E-state index is 0.229. The Morgan fingerprint density at radius 1 is 1.62 bits per heavy atom. The zero-order valence-electron chi connectivity index (χ0n) is 8.79. The minimum absolute atomic E-state index is 0.229. The van der Waals surface area contributed by atoms with Crippen molar-refractivity contribution in [3.8, 4) is 0 Å². The van der Waals surface area contributed by atoms with Crippen LogP contribution in [0.4, 0.5) is 0 Å². The summed E-state index contributed by atoms with van der Waals surface area (Å²) in [4.78, 5) is 2.50. The molecule has 0 aromatic heterocycles. The van der Waals surface area contributed by atoms with Crippen LogP contribution in [0.1, 0.15) is 27.2 Å². The normalized spacial score (nSPS) is 33.2. The van der Waals surface area contributed by atoms with Gasteiger partial charge in [-0.2, -0.15) is 0 Å². The van der Waals surface area contributed by atoms with Gasteiger partial charge in [0.1, 0.15) is 0 Å². The number of hydrogen-bond donors (Lipinski definition) is 0. The molecule has 1 aliphatic heterocycles. The summed E-state index contributed by atoms with van der Waals surface area (Å²) < 4.78 is 5.59. The number of nitrogens with zero attached hydrogens (tertiary/aromatic N) is 1. The van der Waals surface area contributed by atoms with Crippen molar-refractivity contribution in [2.24, 2.45) is 0 Å². The highest BCUT2D eigenvalue weighted by Gasteiger charge is 2.27. The number of halogens is 1. The lowest BCUT2D eigenvalue weighted by molar-refractivity contribution is -0.0622. The third-order valence-corrected chi connectivity index (χ3v) is 3.23. The fraction of sp³-hybridized carbons (Fsp3) is 1.00. The van der Waals surface area contributed by atoms with E-state index in [0.717, 1.165) is 13.2 Å². The van der Waals surface area contributed by atoms with Gasteiger partial charge in [-0.3, -0.25) is 4.90 Å². The first-order valence-electron chi connectivity index (χ1n) is 5.12. The molecule has 13 heavy (non-hydrogen) atoms. The molecule has 3 heteroatoms. The molecule has 0 spiro atoms. The number of rotatable bonds is 3. The van der Waals surface area contributed by atoms with Crippen molar-refractivity contribution in [3.05, 3.63) is 0 Å². The summed E-state index contributed by atoms with van der Waals surface area (Å²) in [5, 5.41) is 0. The molecule has 1 fully saturated rings. The summed E-state index contributed by atoms with van der Waals surface area (Å²) in [5.41, 5.74) is 0. The molecular weight excluding hydrogens is 186 g/mol. The summed E-state index contributed by atoms with van der Waals surface area (Å²) in [7, 11) is 0. The van der Waals surface area contributed by atoms with E-state index >= 15 is 0 Å². The molecule has 0 N–H and O–H groups in total. The third kappa shape index (κ3) is 2.83. The number of hydrogen-bond acceptors (Lipinski definition) is 2. The lowest BCUT2D eigenvalue weighted by Gasteiger charge is -2.40. The van der Waals surface area contributed by atoms with Crippen LogP contribution in [-0.4, -0.2) is 42.1 Å². The topological polar surface area (TPSA) is 12.5 Å². The van der Waals surface area contributed by atoms with E-state index in [9.17, 15) is 0 Å². The van der Waals surface area contributed by atoms with Crippen molar-refractivity contribution in [2.45, 2.75) is 45.4 Å². The summed E-state index contributed by atoms with van der Waals surface area (Å²) in [5.74, 6) is 0.611. The van der Waals surface area contributed by atoms with Crippen LogP contribution in [0.25, 0.3) is 0 Å². The largest absolute Gasteiger partial charge is 0.374 e. The van der Waals surface area contributed by atoms with Crippen molar-refractivity contribution in [2.75, 3.05) is 19.0 Å². The Hall–Kier alpha value is 0.210. The lowest BCUT2D eigenvalue weighted by atomic mass is 10.1. The zero-order chi connectivity index (χ0) is 9.84. The van der Waals surface area contributed by atoms with Gasteiger partial charge >= 0.3 is 0 Å². The molecule has 78 valence electrons. The molecule has 0 saturated carbocycles. The molecule has 0 bridgehead atoms. The Labute approximate surface area is 86.2 Å². The van der Waals surface area contributed by atoms with Gasteiger partial charge in [0.2, 0.25) is 0 Å². The highest BCUT2D eigenvalue weighted by molar-refractivity contribution is 6.18. The van der Waals surface area contributed by atoms with Gasteiger partial charge in [-0.05, 0) is 20.3 Å². The maximum absolute atomic E-state index is 5.79. The van der Waals surface area contributed by atoms with Crippen LogP contribution in [0, 0.1) is 0 Å².